The fourth-order valence-corrected chi connectivity index (χ4v) is 8.28. The van der Waals surface area contributed by atoms with Gasteiger partial charge in [0.1, 0.15) is 0 Å². The Bertz CT molecular complexity index is 752. The van der Waals surface area contributed by atoms with Gasteiger partial charge in [0.25, 0.3) is 0 Å². The molecule has 0 amide bonds. The molecule has 0 aromatic carbocycles. The van der Waals surface area contributed by atoms with Gasteiger partial charge in [-0.25, -0.2) is 0 Å². The SMILES string of the molecule is CC1(O)CC[C@H]2[C@@H]3C(CCCCCCC(=O)O)CC4=CC(=O)CC[C@]4(C)[C@H]3CC[C@@]21C. The molecule has 31 heavy (non-hydrogen) atoms. The van der Waals surface area contributed by atoms with Crippen LogP contribution in [0.2, 0.25) is 0 Å². The molecule has 0 bridgehead atoms. The van der Waals surface area contributed by atoms with Crippen LogP contribution >= 0.6 is 0 Å². The third-order valence-corrected chi connectivity index (χ3v) is 10.4. The summed E-state index contributed by atoms with van der Waals surface area (Å²) in [5.74, 6) is 2.05. The Kier molecular flexibility index (Phi) is 6.17. The molecule has 0 aromatic heterocycles. The van der Waals surface area contributed by atoms with Gasteiger partial charge in [0.2, 0.25) is 0 Å². The first-order chi connectivity index (χ1) is 14.6. The molecule has 0 saturated heterocycles. The third-order valence-electron chi connectivity index (χ3n) is 10.4. The molecule has 174 valence electrons. The van der Waals surface area contributed by atoms with Crippen molar-refractivity contribution in [3.8, 4) is 0 Å². The number of aliphatic carboxylic acids is 1. The lowest BCUT2D eigenvalue weighted by atomic mass is 9.44. The van der Waals surface area contributed by atoms with E-state index in [0.29, 0.717) is 35.9 Å². The standard InChI is InChI=1S/C27H42O4/c1-25-13-10-20(28)17-19(25)16-18(8-6-4-5-7-9-23(29)30)24-21(25)11-14-26(2)22(24)12-15-27(26,3)31/h17-18,21-22,24,31H,4-16H2,1-3H3,(H,29,30)/t18?,21-,22-,24+,25-,26-,27?/m0/s1. The number of allylic oxidation sites excluding steroid dienone is 1. The molecule has 0 spiro atoms. The van der Waals surface area contributed by atoms with E-state index in [4.69, 9.17) is 5.11 Å². The van der Waals surface area contributed by atoms with Crippen LogP contribution in [-0.4, -0.2) is 27.6 Å². The maximum atomic E-state index is 12.3. The van der Waals surface area contributed by atoms with Crippen molar-refractivity contribution in [1.82, 2.24) is 0 Å². The van der Waals surface area contributed by atoms with Crippen molar-refractivity contribution >= 4 is 11.8 Å². The summed E-state index contributed by atoms with van der Waals surface area (Å²) in [6.45, 7) is 6.85. The Morgan fingerprint density at radius 2 is 1.74 bits per heavy atom. The van der Waals surface area contributed by atoms with Crippen molar-refractivity contribution in [2.24, 2.45) is 34.5 Å². The number of carbonyl (C=O) groups excluding carboxylic acids is 1. The Morgan fingerprint density at radius 3 is 2.48 bits per heavy atom. The Balaban J connectivity index is 1.54. The molecule has 0 radical (unpaired) electrons. The Labute approximate surface area is 187 Å². The first kappa shape index (κ1) is 23.0. The zero-order valence-electron chi connectivity index (χ0n) is 19.8. The van der Waals surface area contributed by atoms with Gasteiger partial charge in [-0.15, -0.1) is 0 Å². The van der Waals surface area contributed by atoms with Crippen LogP contribution in [0.15, 0.2) is 11.6 Å². The van der Waals surface area contributed by atoms with Gasteiger partial charge in [-0.3, -0.25) is 9.59 Å². The minimum Gasteiger partial charge on any atom is -0.481 e. The van der Waals surface area contributed by atoms with Gasteiger partial charge >= 0.3 is 5.97 Å². The predicted molar refractivity (Wildman–Crippen MR) is 122 cm³/mol. The third kappa shape index (κ3) is 3.92. The van der Waals surface area contributed by atoms with Crippen LogP contribution in [0.25, 0.3) is 0 Å². The smallest absolute Gasteiger partial charge is 0.303 e. The lowest BCUT2D eigenvalue weighted by Gasteiger charge is -2.61. The highest BCUT2D eigenvalue weighted by molar-refractivity contribution is 5.91. The van der Waals surface area contributed by atoms with Crippen LogP contribution in [0, 0.1) is 34.5 Å². The predicted octanol–water partition coefficient (Wildman–Crippen LogP) is 5.92. The second-order valence-electron chi connectivity index (χ2n) is 11.9. The molecule has 3 saturated carbocycles. The number of hydrogen-bond acceptors (Lipinski definition) is 3. The van der Waals surface area contributed by atoms with Crippen molar-refractivity contribution in [3.63, 3.8) is 0 Å². The van der Waals surface area contributed by atoms with Crippen molar-refractivity contribution in [3.05, 3.63) is 11.6 Å². The van der Waals surface area contributed by atoms with Crippen LogP contribution in [-0.2, 0) is 9.59 Å². The Hall–Kier alpha value is -1.16. The zero-order valence-corrected chi connectivity index (χ0v) is 19.8. The molecule has 4 aliphatic rings. The van der Waals surface area contributed by atoms with E-state index >= 15 is 0 Å². The van der Waals surface area contributed by atoms with Crippen LogP contribution in [0.1, 0.15) is 104 Å². The summed E-state index contributed by atoms with van der Waals surface area (Å²) >= 11 is 0. The fraction of sp³-hybridized carbons (Fsp3) is 0.852. The average molecular weight is 431 g/mol. The number of aliphatic hydroxyl groups is 1. The van der Waals surface area contributed by atoms with Gasteiger partial charge in [-0.2, -0.15) is 0 Å². The summed E-state index contributed by atoms with van der Waals surface area (Å²) in [5.41, 5.74) is 1.01. The summed E-state index contributed by atoms with van der Waals surface area (Å²) in [4.78, 5) is 23.0. The second kappa shape index (κ2) is 8.32. The number of fused-ring (bicyclic) bond motifs is 5. The average Bonchev–Trinajstić information content (AvgIpc) is 2.94. The van der Waals surface area contributed by atoms with E-state index in [0.717, 1.165) is 57.8 Å². The normalized spacial score (nSPS) is 44.3. The van der Waals surface area contributed by atoms with Crippen LogP contribution in [0.4, 0.5) is 0 Å². The monoisotopic (exact) mass is 430 g/mol. The summed E-state index contributed by atoms with van der Waals surface area (Å²) in [5, 5.41) is 20.1. The molecule has 0 aromatic rings. The van der Waals surface area contributed by atoms with E-state index in [1.54, 1.807) is 0 Å². The number of hydrogen-bond donors (Lipinski definition) is 2. The molecular weight excluding hydrogens is 388 g/mol. The number of unbranched alkanes of at least 4 members (excludes halogenated alkanes) is 3. The van der Waals surface area contributed by atoms with Crippen LogP contribution in [0.3, 0.4) is 0 Å². The first-order valence-electron chi connectivity index (χ1n) is 12.8. The molecule has 0 aliphatic heterocycles. The fourth-order valence-electron chi connectivity index (χ4n) is 8.28. The van der Waals surface area contributed by atoms with Crippen LogP contribution in [0.5, 0.6) is 0 Å². The minimum absolute atomic E-state index is 0.00989. The molecule has 0 heterocycles. The second-order valence-corrected chi connectivity index (χ2v) is 11.9. The van der Waals surface area contributed by atoms with Crippen molar-refractivity contribution in [2.45, 2.75) is 110 Å². The highest BCUT2D eigenvalue weighted by Gasteiger charge is 2.64. The maximum Gasteiger partial charge on any atom is 0.303 e. The number of carboxylic acid groups (broad SMARTS) is 1. The van der Waals surface area contributed by atoms with Gasteiger partial charge in [0, 0.05) is 12.8 Å². The van der Waals surface area contributed by atoms with Gasteiger partial charge < -0.3 is 10.2 Å². The number of rotatable bonds is 7. The van der Waals surface area contributed by atoms with Crippen molar-refractivity contribution in [2.75, 3.05) is 0 Å². The zero-order chi connectivity index (χ0) is 22.4. The van der Waals surface area contributed by atoms with E-state index in [2.05, 4.69) is 20.8 Å². The molecule has 4 nitrogen and oxygen atoms in total. The summed E-state index contributed by atoms with van der Waals surface area (Å²) < 4.78 is 0. The molecule has 2 N–H and O–H groups in total. The van der Waals surface area contributed by atoms with Gasteiger partial charge in [0.05, 0.1) is 5.60 Å². The summed E-state index contributed by atoms with van der Waals surface area (Å²) in [7, 11) is 0. The highest BCUT2D eigenvalue weighted by atomic mass is 16.4. The number of ketones is 1. The summed E-state index contributed by atoms with van der Waals surface area (Å²) in [6.07, 6.45) is 14.5. The Morgan fingerprint density at radius 1 is 1.03 bits per heavy atom. The molecule has 7 atom stereocenters. The number of carboxylic acids is 1. The van der Waals surface area contributed by atoms with Gasteiger partial charge in [0.15, 0.2) is 5.78 Å². The van der Waals surface area contributed by atoms with Crippen molar-refractivity contribution < 1.29 is 19.8 Å². The summed E-state index contributed by atoms with van der Waals surface area (Å²) in [6, 6.07) is 0. The number of carbonyl (C=O) groups is 2. The lowest BCUT2D eigenvalue weighted by Crippen LogP contribution is -2.56. The van der Waals surface area contributed by atoms with Gasteiger partial charge in [-0.1, -0.05) is 38.7 Å². The van der Waals surface area contributed by atoms with E-state index < -0.39 is 11.6 Å². The molecule has 3 fully saturated rings. The van der Waals surface area contributed by atoms with E-state index in [1.165, 1.54) is 18.4 Å². The van der Waals surface area contributed by atoms with E-state index in [9.17, 15) is 14.7 Å². The minimum atomic E-state index is -0.696. The van der Waals surface area contributed by atoms with E-state index in [-0.39, 0.29) is 17.3 Å². The van der Waals surface area contributed by atoms with E-state index in [1.807, 2.05) is 6.08 Å². The highest BCUT2D eigenvalue weighted by Crippen LogP contribution is 2.69. The quantitative estimate of drug-likeness (QED) is 0.492. The molecule has 4 aliphatic carbocycles. The lowest BCUT2D eigenvalue weighted by molar-refractivity contribution is -0.137. The molecular formula is C27H42O4. The molecule has 4 heteroatoms. The van der Waals surface area contributed by atoms with Crippen molar-refractivity contribution in [1.29, 1.82) is 0 Å². The maximum absolute atomic E-state index is 12.3. The molecule has 4 rings (SSSR count). The largest absolute Gasteiger partial charge is 0.481 e. The topological polar surface area (TPSA) is 74.6 Å². The first-order valence-corrected chi connectivity index (χ1v) is 12.8. The van der Waals surface area contributed by atoms with Gasteiger partial charge in [-0.05, 0) is 98.9 Å². The van der Waals surface area contributed by atoms with Crippen LogP contribution < -0.4 is 0 Å². The molecule has 2 unspecified atom stereocenters.